The highest BCUT2D eigenvalue weighted by molar-refractivity contribution is 5.96. The van der Waals surface area contributed by atoms with Crippen LogP contribution in [0.4, 0.5) is 4.39 Å². The molecule has 1 fully saturated rings. The van der Waals surface area contributed by atoms with E-state index in [2.05, 4.69) is 17.6 Å². The average molecular weight is 307 g/mol. The number of hydrogen-bond donors (Lipinski definition) is 3. The highest BCUT2D eigenvalue weighted by Gasteiger charge is 2.25. The molecule has 0 aromatic carbocycles. The van der Waals surface area contributed by atoms with Gasteiger partial charge in [0.1, 0.15) is 5.83 Å². The third-order valence-corrected chi connectivity index (χ3v) is 3.84. The summed E-state index contributed by atoms with van der Waals surface area (Å²) in [6.07, 6.45) is 11.3. The van der Waals surface area contributed by atoms with Gasteiger partial charge in [0.25, 0.3) is 0 Å². The molecule has 1 saturated carbocycles. The Morgan fingerprint density at radius 2 is 2.05 bits per heavy atom. The summed E-state index contributed by atoms with van der Waals surface area (Å²) >= 11 is 0. The van der Waals surface area contributed by atoms with Crippen LogP contribution < -0.4 is 10.6 Å². The maximum atomic E-state index is 13.9. The Labute approximate surface area is 134 Å². The third kappa shape index (κ3) is 7.43. The summed E-state index contributed by atoms with van der Waals surface area (Å²) in [5.74, 6) is 0.279. The first-order valence-electron chi connectivity index (χ1n) is 8.31. The molecule has 1 rings (SSSR count). The van der Waals surface area contributed by atoms with Crippen LogP contribution in [0.25, 0.3) is 0 Å². The molecule has 3 N–H and O–H groups in total. The predicted molar refractivity (Wildman–Crippen MR) is 92.7 cm³/mol. The lowest BCUT2D eigenvalue weighted by atomic mass is 10.1. The molecule has 0 atom stereocenters. The van der Waals surface area contributed by atoms with Gasteiger partial charge in [-0.05, 0) is 44.8 Å². The van der Waals surface area contributed by atoms with E-state index >= 15 is 0 Å². The molecule has 1 aliphatic carbocycles. The van der Waals surface area contributed by atoms with Crippen LogP contribution in [0.1, 0.15) is 52.4 Å². The van der Waals surface area contributed by atoms with Gasteiger partial charge in [0.05, 0.1) is 6.54 Å². The topological polar surface area (TPSA) is 47.9 Å². The minimum absolute atomic E-state index is 0.157. The summed E-state index contributed by atoms with van der Waals surface area (Å²) in [6, 6.07) is 0. The molecule has 0 heterocycles. The first-order valence-corrected chi connectivity index (χ1v) is 8.31. The fourth-order valence-electron chi connectivity index (χ4n) is 2.13. The highest BCUT2D eigenvalue weighted by Crippen LogP contribution is 2.30. The van der Waals surface area contributed by atoms with Crippen LogP contribution in [0.2, 0.25) is 0 Å². The molecule has 1 aliphatic rings. The largest absolute Gasteiger partial charge is 0.391 e. The number of hydrogen-bond acceptors (Lipinski definition) is 3. The Hall–Kier alpha value is -1.58. The van der Waals surface area contributed by atoms with Gasteiger partial charge in [-0.3, -0.25) is 0 Å². The minimum atomic E-state index is -0.157. The van der Waals surface area contributed by atoms with E-state index in [-0.39, 0.29) is 12.4 Å². The fraction of sp³-hybridized carbons (Fsp3) is 0.611. The standard InChI is InChI=1S/C18H30FN3/c1-4-6-7-17(12-18(20)14-8-9-14)22-13-15(19)10-11-16(5-2)21-3/h5,10,12,14,20-22H,4,6-9,11,13H2,1-3H3/b15-10+,16-5+,17-12-,20-18?. The van der Waals surface area contributed by atoms with Gasteiger partial charge in [-0.2, -0.15) is 0 Å². The molecule has 124 valence electrons. The van der Waals surface area contributed by atoms with Gasteiger partial charge in [-0.25, -0.2) is 4.39 Å². The quantitative estimate of drug-likeness (QED) is 0.494. The zero-order chi connectivity index (χ0) is 16.4. The Balaban J connectivity index is 2.50. The molecule has 3 nitrogen and oxygen atoms in total. The van der Waals surface area contributed by atoms with E-state index in [0.29, 0.717) is 18.1 Å². The van der Waals surface area contributed by atoms with Crippen LogP contribution in [-0.2, 0) is 0 Å². The lowest BCUT2D eigenvalue weighted by Crippen LogP contribution is -2.17. The first-order chi connectivity index (χ1) is 10.6. The Morgan fingerprint density at radius 1 is 1.32 bits per heavy atom. The van der Waals surface area contributed by atoms with Crippen LogP contribution in [0.5, 0.6) is 0 Å². The maximum absolute atomic E-state index is 13.9. The van der Waals surface area contributed by atoms with Crippen molar-refractivity contribution in [1.29, 1.82) is 5.41 Å². The molecule has 0 radical (unpaired) electrons. The van der Waals surface area contributed by atoms with Crippen molar-refractivity contribution in [2.24, 2.45) is 5.92 Å². The van der Waals surface area contributed by atoms with E-state index in [0.717, 1.165) is 43.5 Å². The molecule has 0 aromatic heterocycles. The number of halogens is 1. The average Bonchev–Trinajstić information content (AvgIpc) is 3.35. The van der Waals surface area contributed by atoms with Crippen molar-refractivity contribution in [3.05, 3.63) is 35.4 Å². The smallest absolute Gasteiger partial charge is 0.115 e. The Morgan fingerprint density at radius 3 is 2.59 bits per heavy atom. The second-order valence-electron chi connectivity index (χ2n) is 5.78. The summed E-state index contributed by atoms with van der Waals surface area (Å²) in [4.78, 5) is 0. The highest BCUT2D eigenvalue weighted by atomic mass is 19.1. The lowest BCUT2D eigenvalue weighted by Gasteiger charge is -2.11. The molecule has 0 unspecified atom stereocenters. The van der Waals surface area contributed by atoms with Crippen LogP contribution in [0, 0.1) is 11.3 Å². The van der Waals surface area contributed by atoms with Crippen LogP contribution >= 0.6 is 0 Å². The zero-order valence-electron chi connectivity index (χ0n) is 14.1. The molecule has 22 heavy (non-hydrogen) atoms. The third-order valence-electron chi connectivity index (χ3n) is 3.84. The molecule has 0 aliphatic heterocycles. The fourth-order valence-corrected chi connectivity index (χ4v) is 2.13. The SMILES string of the molecule is C/C=C(\C/C=C(/F)CN/C(=C\C(=N)C1CC1)CCCC)NC. The van der Waals surface area contributed by atoms with E-state index in [1.807, 2.05) is 26.1 Å². The summed E-state index contributed by atoms with van der Waals surface area (Å²) in [7, 11) is 1.84. The van der Waals surface area contributed by atoms with Crippen molar-refractivity contribution >= 4 is 5.71 Å². The molecular weight excluding hydrogens is 277 g/mol. The monoisotopic (exact) mass is 307 g/mol. The zero-order valence-corrected chi connectivity index (χ0v) is 14.1. The van der Waals surface area contributed by atoms with Crippen molar-refractivity contribution in [2.45, 2.75) is 52.4 Å². The van der Waals surface area contributed by atoms with E-state index in [1.165, 1.54) is 0 Å². The molecule has 4 heteroatoms. The second-order valence-corrected chi connectivity index (χ2v) is 5.78. The van der Waals surface area contributed by atoms with Crippen molar-refractivity contribution in [3.8, 4) is 0 Å². The predicted octanol–water partition coefficient (Wildman–Crippen LogP) is 4.45. The van der Waals surface area contributed by atoms with Crippen molar-refractivity contribution in [3.63, 3.8) is 0 Å². The van der Waals surface area contributed by atoms with Gasteiger partial charge in [-0.15, -0.1) is 0 Å². The van der Waals surface area contributed by atoms with Crippen LogP contribution in [0.3, 0.4) is 0 Å². The van der Waals surface area contributed by atoms with Gasteiger partial charge >= 0.3 is 0 Å². The number of nitrogens with one attached hydrogen (secondary N) is 3. The normalized spacial score (nSPS) is 16.6. The first kappa shape index (κ1) is 18.5. The summed E-state index contributed by atoms with van der Waals surface area (Å²) < 4.78 is 13.9. The van der Waals surface area contributed by atoms with Gasteiger partial charge in [-0.1, -0.05) is 19.4 Å². The van der Waals surface area contributed by atoms with E-state index < -0.39 is 0 Å². The van der Waals surface area contributed by atoms with Crippen molar-refractivity contribution in [2.75, 3.05) is 13.6 Å². The number of rotatable bonds is 11. The van der Waals surface area contributed by atoms with Gasteiger partial charge < -0.3 is 16.0 Å². The van der Waals surface area contributed by atoms with Crippen LogP contribution in [-0.4, -0.2) is 19.3 Å². The molecule has 0 spiro atoms. The second kappa shape index (κ2) is 10.2. The molecular formula is C18H30FN3. The van der Waals surface area contributed by atoms with E-state index in [9.17, 15) is 4.39 Å². The van der Waals surface area contributed by atoms with Crippen molar-refractivity contribution in [1.82, 2.24) is 10.6 Å². The number of allylic oxidation sites excluding steroid dienone is 4. The number of unbranched alkanes of at least 4 members (excludes halogenated alkanes) is 1. The van der Waals surface area contributed by atoms with Crippen LogP contribution in [0.15, 0.2) is 35.4 Å². The van der Waals surface area contributed by atoms with Gasteiger partial charge in [0.15, 0.2) is 0 Å². The molecule has 0 amide bonds. The van der Waals surface area contributed by atoms with E-state index in [1.54, 1.807) is 6.08 Å². The van der Waals surface area contributed by atoms with Gasteiger partial charge in [0.2, 0.25) is 0 Å². The maximum Gasteiger partial charge on any atom is 0.115 e. The Bertz CT molecular complexity index is 445. The summed E-state index contributed by atoms with van der Waals surface area (Å²) in [6.45, 7) is 4.28. The summed E-state index contributed by atoms with van der Waals surface area (Å²) in [5.41, 5.74) is 2.68. The molecule has 0 bridgehead atoms. The minimum Gasteiger partial charge on any atom is -0.391 e. The molecule has 0 aromatic rings. The summed E-state index contributed by atoms with van der Waals surface area (Å²) in [5, 5.41) is 14.2. The lowest BCUT2D eigenvalue weighted by molar-refractivity contribution is 0.579. The van der Waals surface area contributed by atoms with E-state index in [4.69, 9.17) is 5.41 Å². The van der Waals surface area contributed by atoms with Gasteiger partial charge in [0, 0.05) is 36.5 Å². The molecule has 0 saturated heterocycles. The Kier molecular flexibility index (Phi) is 8.56. The van der Waals surface area contributed by atoms with Crippen molar-refractivity contribution < 1.29 is 4.39 Å².